The highest BCUT2D eigenvalue weighted by Gasteiger charge is 2.21. The molecule has 1 aromatic heterocycles. The van der Waals surface area contributed by atoms with E-state index in [0.717, 1.165) is 42.6 Å². The number of nitrogens with zero attached hydrogens (tertiary/aromatic N) is 1. The lowest BCUT2D eigenvalue weighted by molar-refractivity contribution is 0.323. The molecule has 2 heterocycles. The summed E-state index contributed by atoms with van der Waals surface area (Å²) in [7, 11) is 2.00. The van der Waals surface area contributed by atoms with Gasteiger partial charge < -0.3 is 9.73 Å². The minimum Gasteiger partial charge on any atom is -0.423 e. The lowest BCUT2D eigenvalue weighted by atomic mass is 10.1. The maximum Gasteiger partial charge on any atom is 0.336 e. The smallest absolute Gasteiger partial charge is 0.336 e. The van der Waals surface area contributed by atoms with Crippen LogP contribution in [0.15, 0.2) is 33.5 Å². The van der Waals surface area contributed by atoms with Gasteiger partial charge in [0.25, 0.3) is 0 Å². The van der Waals surface area contributed by atoms with Gasteiger partial charge >= 0.3 is 5.63 Å². The molecule has 5 heteroatoms. The Morgan fingerprint density at radius 2 is 2.19 bits per heavy atom. The van der Waals surface area contributed by atoms with E-state index in [9.17, 15) is 4.79 Å². The number of rotatable bonds is 3. The molecule has 0 bridgehead atoms. The molecule has 21 heavy (non-hydrogen) atoms. The van der Waals surface area contributed by atoms with E-state index in [-0.39, 0.29) is 18.0 Å². The number of nitrogens with one attached hydrogen (secondary N) is 1. The number of likely N-dealkylation sites (tertiary alicyclic amines) is 1. The first-order valence-electron chi connectivity index (χ1n) is 7.09. The summed E-state index contributed by atoms with van der Waals surface area (Å²) < 4.78 is 5.30. The third-order valence-corrected chi connectivity index (χ3v) is 4.06. The first kappa shape index (κ1) is 16.0. The van der Waals surface area contributed by atoms with E-state index in [0.29, 0.717) is 11.6 Å². The molecule has 1 N–H and O–H groups in total. The number of hydrogen-bond acceptors (Lipinski definition) is 4. The summed E-state index contributed by atoms with van der Waals surface area (Å²) in [6, 6.07) is 8.23. The van der Waals surface area contributed by atoms with Crippen LogP contribution in [0, 0.1) is 6.92 Å². The predicted octanol–water partition coefficient (Wildman–Crippen LogP) is 2.32. The van der Waals surface area contributed by atoms with Crippen LogP contribution in [0.2, 0.25) is 0 Å². The van der Waals surface area contributed by atoms with Crippen LogP contribution in [0.1, 0.15) is 17.5 Å². The van der Waals surface area contributed by atoms with Crippen LogP contribution in [0.3, 0.4) is 0 Å². The Labute approximate surface area is 130 Å². The SMILES string of the molecule is CNC1CCN(Cc2cc(=O)oc3cc(C)ccc23)C1.Cl. The van der Waals surface area contributed by atoms with Gasteiger partial charge in [-0.2, -0.15) is 0 Å². The van der Waals surface area contributed by atoms with Gasteiger partial charge in [0.05, 0.1) is 0 Å². The van der Waals surface area contributed by atoms with Gasteiger partial charge in [-0.1, -0.05) is 12.1 Å². The average Bonchev–Trinajstić information content (AvgIpc) is 2.85. The molecule has 0 spiro atoms. The molecule has 0 amide bonds. The second-order valence-corrected chi connectivity index (χ2v) is 5.60. The standard InChI is InChI=1S/C16H20N2O2.ClH/c1-11-3-4-14-12(8-16(19)20-15(14)7-11)9-18-6-5-13(10-18)17-2;/h3-4,7-8,13,17H,5-6,9-10H2,1-2H3;1H. The number of benzene rings is 1. The molecule has 1 unspecified atom stereocenters. The molecule has 0 aliphatic carbocycles. The third kappa shape index (κ3) is 3.46. The second kappa shape index (κ2) is 6.60. The summed E-state index contributed by atoms with van der Waals surface area (Å²) in [5.41, 5.74) is 2.60. The van der Waals surface area contributed by atoms with Crippen LogP contribution in [-0.2, 0) is 6.54 Å². The van der Waals surface area contributed by atoms with Crippen LogP contribution in [0.25, 0.3) is 11.0 Å². The van der Waals surface area contributed by atoms with E-state index in [2.05, 4.69) is 22.3 Å². The topological polar surface area (TPSA) is 45.5 Å². The minimum absolute atomic E-state index is 0. The lowest BCUT2D eigenvalue weighted by Gasteiger charge is -2.16. The van der Waals surface area contributed by atoms with Gasteiger partial charge in [0, 0.05) is 37.1 Å². The van der Waals surface area contributed by atoms with Crippen LogP contribution in [0.4, 0.5) is 0 Å². The van der Waals surface area contributed by atoms with Crippen molar-refractivity contribution >= 4 is 23.4 Å². The summed E-state index contributed by atoms with van der Waals surface area (Å²) in [6.45, 7) is 4.91. The number of aryl methyl sites for hydroxylation is 1. The van der Waals surface area contributed by atoms with Crippen molar-refractivity contribution in [2.45, 2.75) is 25.9 Å². The Hall–Kier alpha value is -1.36. The lowest BCUT2D eigenvalue weighted by Crippen LogP contribution is -2.29. The molecule has 1 fully saturated rings. The molecule has 3 rings (SSSR count). The van der Waals surface area contributed by atoms with Crippen molar-refractivity contribution in [3.8, 4) is 0 Å². The van der Waals surface area contributed by atoms with E-state index in [1.807, 2.05) is 20.0 Å². The van der Waals surface area contributed by atoms with Crippen LogP contribution >= 0.6 is 12.4 Å². The van der Waals surface area contributed by atoms with E-state index in [1.165, 1.54) is 0 Å². The van der Waals surface area contributed by atoms with Crippen molar-refractivity contribution in [3.63, 3.8) is 0 Å². The van der Waals surface area contributed by atoms with Gasteiger partial charge in [-0.05, 0) is 37.6 Å². The van der Waals surface area contributed by atoms with E-state index >= 15 is 0 Å². The first-order valence-corrected chi connectivity index (χ1v) is 7.09. The zero-order valence-electron chi connectivity index (χ0n) is 12.4. The molecule has 1 atom stereocenters. The third-order valence-electron chi connectivity index (χ3n) is 4.06. The fourth-order valence-electron chi connectivity index (χ4n) is 2.92. The number of fused-ring (bicyclic) bond motifs is 1. The molecule has 1 saturated heterocycles. The van der Waals surface area contributed by atoms with Gasteiger partial charge in [-0.15, -0.1) is 12.4 Å². The van der Waals surface area contributed by atoms with Gasteiger partial charge in [-0.25, -0.2) is 4.79 Å². The largest absolute Gasteiger partial charge is 0.423 e. The zero-order chi connectivity index (χ0) is 14.1. The quantitative estimate of drug-likeness (QED) is 0.884. The molecular weight excluding hydrogens is 288 g/mol. The normalized spacial score (nSPS) is 18.9. The van der Waals surface area contributed by atoms with Gasteiger partial charge in [0.2, 0.25) is 0 Å². The monoisotopic (exact) mass is 308 g/mol. The minimum atomic E-state index is -0.262. The summed E-state index contributed by atoms with van der Waals surface area (Å²) in [5.74, 6) is 0. The van der Waals surface area contributed by atoms with Gasteiger partial charge in [-0.3, -0.25) is 4.90 Å². The molecule has 0 saturated carbocycles. The molecular formula is C16H21ClN2O2. The van der Waals surface area contributed by atoms with Crippen LogP contribution in [-0.4, -0.2) is 31.1 Å². The van der Waals surface area contributed by atoms with Crippen molar-refractivity contribution in [1.82, 2.24) is 10.2 Å². The Kier molecular flexibility index (Phi) is 5.04. The maximum atomic E-state index is 11.7. The molecule has 1 aromatic carbocycles. The average molecular weight is 309 g/mol. The molecule has 114 valence electrons. The highest BCUT2D eigenvalue weighted by atomic mass is 35.5. The first-order chi connectivity index (χ1) is 9.65. The summed E-state index contributed by atoms with van der Waals surface area (Å²) in [5, 5.41) is 4.36. The fourth-order valence-corrected chi connectivity index (χ4v) is 2.92. The van der Waals surface area contributed by atoms with Crippen molar-refractivity contribution < 1.29 is 4.42 Å². The fraction of sp³-hybridized carbons (Fsp3) is 0.438. The van der Waals surface area contributed by atoms with E-state index in [1.54, 1.807) is 6.07 Å². The zero-order valence-corrected chi connectivity index (χ0v) is 13.2. The Bertz CT molecular complexity index is 684. The Balaban J connectivity index is 0.00000161. The molecule has 4 nitrogen and oxygen atoms in total. The number of hydrogen-bond donors (Lipinski definition) is 1. The summed E-state index contributed by atoms with van der Waals surface area (Å²) in [6.07, 6.45) is 1.16. The van der Waals surface area contributed by atoms with Crippen molar-refractivity contribution in [2.24, 2.45) is 0 Å². The van der Waals surface area contributed by atoms with Crippen molar-refractivity contribution in [1.29, 1.82) is 0 Å². The van der Waals surface area contributed by atoms with E-state index < -0.39 is 0 Å². The number of halogens is 1. The van der Waals surface area contributed by atoms with Crippen molar-refractivity contribution in [2.75, 3.05) is 20.1 Å². The second-order valence-electron chi connectivity index (χ2n) is 5.60. The summed E-state index contributed by atoms with van der Waals surface area (Å²) in [4.78, 5) is 14.1. The Morgan fingerprint density at radius 3 is 2.90 bits per heavy atom. The van der Waals surface area contributed by atoms with Gasteiger partial charge in [0.15, 0.2) is 0 Å². The van der Waals surface area contributed by atoms with Gasteiger partial charge in [0.1, 0.15) is 5.58 Å². The van der Waals surface area contributed by atoms with Crippen LogP contribution in [0.5, 0.6) is 0 Å². The Morgan fingerprint density at radius 1 is 1.38 bits per heavy atom. The molecule has 1 aliphatic heterocycles. The maximum absolute atomic E-state index is 11.7. The van der Waals surface area contributed by atoms with Crippen molar-refractivity contribution in [3.05, 3.63) is 45.8 Å². The predicted molar refractivity (Wildman–Crippen MR) is 87.2 cm³/mol. The van der Waals surface area contributed by atoms with Crippen LogP contribution < -0.4 is 10.9 Å². The molecule has 2 aromatic rings. The summed E-state index contributed by atoms with van der Waals surface area (Å²) >= 11 is 0. The van der Waals surface area contributed by atoms with E-state index in [4.69, 9.17) is 4.42 Å². The highest BCUT2D eigenvalue weighted by molar-refractivity contribution is 5.85. The highest BCUT2D eigenvalue weighted by Crippen LogP contribution is 2.21. The number of likely N-dealkylation sites (N-methyl/N-ethyl adjacent to an activating group) is 1. The molecule has 0 radical (unpaired) electrons. The molecule has 1 aliphatic rings.